The van der Waals surface area contributed by atoms with Crippen molar-refractivity contribution in [2.24, 2.45) is 23.7 Å². The average Bonchev–Trinajstić information content (AvgIpc) is 3.51. The number of hydrogen-bond acceptors (Lipinski definition) is 15. The van der Waals surface area contributed by atoms with E-state index in [4.69, 9.17) is 28.4 Å². The van der Waals surface area contributed by atoms with Crippen molar-refractivity contribution in [3.63, 3.8) is 0 Å². The molecule has 3 aliphatic heterocycles. The summed E-state index contributed by atoms with van der Waals surface area (Å²) in [4.78, 5) is 69.4. The maximum absolute atomic E-state index is 14.9. The highest BCUT2D eigenvalue weighted by Gasteiger charge is 2.60. The van der Waals surface area contributed by atoms with Crippen molar-refractivity contribution in [2.75, 3.05) is 39.6 Å². The summed E-state index contributed by atoms with van der Waals surface area (Å²) in [5.41, 5.74) is -2.04. The molecule has 5 rings (SSSR count). The Bertz CT molecular complexity index is 1810. The number of carbonyl (C=O) groups is 4. The molecule has 1 unspecified atom stereocenters. The summed E-state index contributed by atoms with van der Waals surface area (Å²) < 4.78 is 38.4. The second kappa shape index (κ2) is 21.0. The standard InChI is InChI=1S/C46H69N5O11/c1-12-34-46(8)40(51(44(56)62-46)24-23-49-35-18-14-16-22-48-35)29(4)37(53)27(2)26-45(7,57-11)41(61-43-38(54)33(50(9)10)25-28(3)58-43)30(5)39(31(6)42(55)59-34)60-36(52)20-19-32-17-13-15-21-47-32/h13-18,21-22,27-31,33-34,38-41,43,54H,12,19-20,23-26H2,1-11H3,(H,48,49)/t27-,28-,29+,30-,31-,33+,34-,38-,39-,40+,41-,43?,45-,46-/m1/s1. The highest BCUT2D eigenvalue weighted by molar-refractivity contribution is 5.85. The summed E-state index contributed by atoms with van der Waals surface area (Å²) in [5.74, 6) is -4.16. The Morgan fingerprint density at radius 1 is 1.02 bits per heavy atom. The predicted molar refractivity (Wildman–Crippen MR) is 230 cm³/mol. The highest BCUT2D eigenvalue weighted by Crippen LogP contribution is 2.44. The Balaban J connectivity index is 1.57. The first-order chi connectivity index (χ1) is 29.3. The van der Waals surface area contributed by atoms with Crippen LogP contribution in [0.1, 0.15) is 86.8 Å². The van der Waals surface area contributed by atoms with E-state index in [1.54, 1.807) is 52.2 Å². The zero-order valence-corrected chi connectivity index (χ0v) is 38.3. The smallest absolute Gasteiger partial charge is 0.410 e. The van der Waals surface area contributed by atoms with Gasteiger partial charge in [-0.2, -0.15) is 0 Å². The Labute approximate surface area is 366 Å². The van der Waals surface area contributed by atoms with Crippen LogP contribution in [-0.2, 0) is 49.2 Å². The number of cyclic esters (lactones) is 1. The minimum Gasteiger partial charge on any atom is -0.461 e. The van der Waals surface area contributed by atoms with Gasteiger partial charge in [-0.25, -0.2) is 9.78 Å². The molecule has 3 saturated heterocycles. The Morgan fingerprint density at radius 3 is 2.32 bits per heavy atom. The van der Waals surface area contributed by atoms with Crippen molar-refractivity contribution in [3.05, 3.63) is 54.5 Å². The largest absolute Gasteiger partial charge is 0.461 e. The molecule has 0 aromatic carbocycles. The van der Waals surface area contributed by atoms with Gasteiger partial charge < -0.3 is 43.7 Å². The molecule has 14 atom stereocenters. The van der Waals surface area contributed by atoms with Crippen LogP contribution in [0.2, 0.25) is 0 Å². The molecular weight excluding hydrogens is 799 g/mol. The second-order valence-electron chi connectivity index (χ2n) is 18.0. The molecule has 2 N–H and O–H groups in total. The zero-order valence-electron chi connectivity index (χ0n) is 38.3. The van der Waals surface area contributed by atoms with E-state index in [2.05, 4.69) is 15.3 Å². The maximum Gasteiger partial charge on any atom is 0.410 e. The maximum atomic E-state index is 14.9. The number of pyridine rings is 2. The summed E-state index contributed by atoms with van der Waals surface area (Å²) in [6.07, 6.45) is -1.80. The predicted octanol–water partition coefficient (Wildman–Crippen LogP) is 5.07. The number of nitrogens with zero attached hydrogens (tertiary/aromatic N) is 4. The van der Waals surface area contributed by atoms with Crippen molar-refractivity contribution in [1.82, 2.24) is 19.8 Å². The Hall–Kier alpha value is -4.22. The van der Waals surface area contributed by atoms with Crippen molar-refractivity contribution >= 4 is 29.6 Å². The van der Waals surface area contributed by atoms with Crippen LogP contribution in [0.15, 0.2) is 48.8 Å². The van der Waals surface area contributed by atoms with Gasteiger partial charge in [0.15, 0.2) is 11.9 Å². The second-order valence-corrected chi connectivity index (χ2v) is 18.0. The van der Waals surface area contributed by atoms with Gasteiger partial charge in [-0.3, -0.25) is 24.3 Å². The molecule has 3 aliphatic rings. The molecule has 3 fully saturated rings. The number of ether oxygens (including phenoxy) is 6. The summed E-state index contributed by atoms with van der Waals surface area (Å²) in [7, 11) is 5.28. The Morgan fingerprint density at radius 2 is 1.71 bits per heavy atom. The van der Waals surface area contributed by atoms with Crippen LogP contribution >= 0.6 is 0 Å². The van der Waals surface area contributed by atoms with Crippen LogP contribution < -0.4 is 5.32 Å². The first kappa shape index (κ1) is 48.8. The fourth-order valence-corrected chi connectivity index (χ4v) is 9.82. The van der Waals surface area contributed by atoms with Gasteiger partial charge in [-0.15, -0.1) is 0 Å². The fourth-order valence-electron chi connectivity index (χ4n) is 9.82. The molecule has 1 amide bonds. The van der Waals surface area contributed by atoms with E-state index >= 15 is 0 Å². The van der Waals surface area contributed by atoms with E-state index < -0.39 is 89.7 Å². The SMILES string of the molecule is CC[C@H]1OC(=O)[C@H](C)[C@H](OC(=O)CCc2ccccn2)[C@@H](C)[C@@H](OC2O[C@H](C)C[C@H](N(C)C)[C@H]2O)[C@](C)(OC)C[C@@H](C)C(=O)[C@H](C)[C@@H]2N(CCNc3ccccn3)C(=O)O[C@@]21C. The third-order valence-corrected chi connectivity index (χ3v) is 13.2. The lowest BCUT2D eigenvalue weighted by Crippen LogP contribution is -2.61. The monoisotopic (exact) mass is 867 g/mol. The third kappa shape index (κ3) is 10.9. The van der Waals surface area contributed by atoms with Crippen molar-refractivity contribution in [1.29, 1.82) is 0 Å². The summed E-state index contributed by atoms with van der Waals surface area (Å²) in [5, 5.41) is 14.9. The quantitative estimate of drug-likeness (QED) is 0.201. The number of hydrogen-bond donors (Lipinski definition) is 2. The minimum atomic E-state index is -1.45. The first-order valence-corrected chi connectivity index (χ1v) is 22.0. The van der Waals surface area contributed by atoms with Crippen molar-refractivity contribution < 1.29 is 52.7 Å². The Kier molecular flexibility index (Phi) is 16.5. The van der Waals surface area contributed by atoms with Gasteiger partial charge >= 0.3 is 18.0 Å². The van der Waals surface area contributed by atoms with Gasteiger partial charge in [0.2, 0.25) is 0 Å². The molecule has 2 aromatic rings. The summed E-state index contributed by atoms with van der Waals surface area (Å²) in [6, 6.07) is 9.76. The molecule has 0 bridgehead atoms. The van der Waals surface area contributed by atoms with Crippen LogP contribution in [0.4, 0.5) is 10.6 Å². The number of methoxy groups -OCH3 is 1. The van der Waals surface area contributed by atoms with Gasteiger partial charge in [0, 0.05) is 68.5 Å². The molecule has 16 heteroatoms. The molecule has 0 spiro atoms. The number of nitrogens with one attached hydrogen (secondary N) is 1. The van der Waals surface area contributed by atoms with E-state index in [-0.39, 0.29) is 43.7 Å². The van der Waals surface area contributed by atoms with Gasteiger partial charge in [0.05, 0.1) is 36.2 Å². The van der Waals surface area contributed by atoms with Crippen molar-refractivity contribution in [2.45, 2.75) is 148 Å². The lowest BCUT2D eigenvalue weighted by molar-refractivity contribution is -0.301. The van der Waals surface area contributed by atoms with Crippen LogP contribution in [0.25, 0.3) is 0 Å². The van der Waals surface area contributed by atoms with E-state index in [1.165, 1.54) is 12.0 Å². The number of rotatable bonds is 13. The number of fused-ring (bicyclic) bond motifs is 1. The number of esters is 2. The summed E-state index contributed by atoms with van der Waals surface area (Å²) >= 11 is 0. The number of carbonyl (C=O) groups excluding carboxylic acids is 4. The van der Waals surface area contributed by atoms with Gasteiger partial charge in [0.25, 0.3) is 0 Å². The zero-order chi connectivity index (χ0) is 45.5. The van der Waals surface area contributed by atoms with E-state index in [9.17, 15) is 24.3 Å². The molecule has 0 saturated carbocycles. The van der Waals surface area contributed by atoms with Crippen LogP contribution in [0, 0.1) is 23.7 Å². The van der Waals surface area contributed by atoms with E-state index in [0.29, 0.717) is 30.9 Å². The number of Topliss-reactive ketones (excluding diaryl/α,β-unsaturated/α-hetero) is 1. The van der Waals surface area contributed by atoms with Crippen LogP contribution in [-0.4, -0.2) is 143 Å². The number of amides is 1. The number of aromatic nitrogens is 2. The van der Waals surface area contributed by atoms with E-state index in [1.807, 2.05) is 71.0 Å². The lowest BCUT2D eigenvalue weighted by Gasteiger charge is -2.48. The first-order valence-electron chi connectivity index (χ1n) is 22.0. The fraction of sp³-hybridized carbons (Fsp3) is 0.696. The number of likely N-dealkylation sites (N-methyl/N-ethyl adjacent to an activating group) is 1. The van der Waals surface area contributed by atoms with Gasteiger partial charge in [-0.05, 0) is 85.3 Å². The molecule has 344 valence electrons. The minimum absolute atomic E-state index is 0.0245. The highest BCUT2D eigenvalue weighted by atomic mass is 16.7. The molecule has 16 nitrogen and oxygen atoms in total. The number of aryl methyl sites for hydroxylation is 1. The normalized spacial score (nSPS) is 36.0. The third-order valence-electron chi connectivity index (χ3n) is 13.2. The van der Waals surface area contributed by atoms with Crippen LogP contribution in [0.5, 0.6) is 0 Å². The lowest BCUT2D eigenvalue weighted by atomic mass is 9.73. The molecular formula is C46H69N5O11. The number of aliphatic hydroxyl groups is 1. The molecule has 2 aromatic heterocycles. The molecule has 5 heterocycles. The molecule has 0 aliphatic carbocycles. The van der Waals surface area contributed by atoms with Crippen LogP contribution in [0.3, 0.4) is 0 Å². The summed E-state index contributed by atoms with van der Waals surface area (Å²) in [6.45, 7) is 14.8. The van der Waals surface area contributed by atoms with E-state index in [0.717, 1.165) is 0 Å². The number of aliphatic hydroxyl groups excluding tert-OH is 1. The topological polar surface area (TPSA) is 188 Å². The average molecular weight is 868 g/mol. The van der Waals surface area contributed by atoms with Gasteiger partial charge in [-0.1, -0.05) is 39.8 Å². The number of ketones is 1. The van der Waals surface area contributed by atoms with Gasteiger partial charge in [0.1, 0.15) is 29.9 Å². The number of anilines is 1. The molecule has 62 heavy (non-hydrogen) atoms. The van der Waals surface area contributed by atoms with Crippen molar-refractivity contribution in [3.8, 4) is 0 Å². The molecule has 0 radical (unpaired) electrons.